The van der Waals surface area contributed by atoms with Gasteiger partial charge in [0.1, 0.15) is 11.8 Å². The number of carbonyl (C=O) groups is 2. The van der Waals surface area contributed by atoms with Gasteiger partial charge in [-0.2, -0.15) is 0 Å². The fourth-order valence-electron chi connectivity index (χ4n) is 3.26. The highest BCUT2D eigenvalue weighted by Crippen LogP contribution is 2.31. The van der Waals surface area contributed by atoms with Gasteiger partial charge in [0.25, 0.3) is 5.91 Å². The molecule has 0 aliphatic rings. The second-order valence-electron chi connectivity index (χ2n) is 9.13. The lowest BCUT2D eigenvalue weighted by atomic mass is 9.86. The van der Waals surface area contributed by atoms with Crippen LogP contribution in [0.3, 0.4) is 0 Å². The van der Waals surface area contributed by atoms with E-state index in [1.54, 1.807) is 25.1 Å². The zero-order valence-corrected chi connectivity index (χ0v) is 21.1. The first-order valence-corrected chi connectivity index (χ1v) is 11.4. The first-order chi connectivity index (χ1) is 14.9. The van der Waals surface area contributed by atoms with Crippen molar-refractivity contribution < 1.29 is 14.3 Å². The molecule has 0 fully saturated rings. The van der Waals surface area contributed by atoms with Crippen molar-refractivity contribution >= 4 is 35.0 Å². The molecule has 0 aliphatic carbocycles. The second-order valence-corrected chi connectivity index (χ2v) is 9.98. The van der Waals surface area contributed by atoms with Gasteiger partial charge in [-0.15, -0.1) is 0 Å². The summed E-state index contributed by atoms with van der Waals surface area (Å²) in [4.78, 5) is 27.4. The fourth-order valence-corrected chi connectivity index (χ4v) is 3.72. The number of nitrogens with zero attached hydrogens (tertiary/aromatic N) is 1. The molecule has 0 saturated carbocycles. The molecule has 5 nitrogen and oxygen atoms in total. The Kier molecular flexibility index (Phi) is 8.99. The van der Waals surface area contributed by atoms with Crippen molar-refractivity contribution in [3.63, 3.8) is 0 Å². The lowest BCUT2D eigenvalue weighted by molar-refractivity contribution is -0.142. The van der Waals surface area contributed by atoms with Gasteiger partial charge in [-0.25, -0.2) is 0 Å². The maximum Gasteiger partial charge on any atom is 0.261 e. The highest BCUT2D eigenvalue weighted by atomic mass is 35.5. The van der Waals surface area contributed by atoms with Crippen LogP contribution in [-0.2, 0) is 21.5 Å². The molecule has 2 aromatic rings. The summed E-state index contributed by atoms with van der Waals surface area (Å²) in [5.74, 6) is 0.0942. The van der Waals surface area contributed by atoms with E-state index in [0.717, 1.165) is 5.56 Å². The van der Waals surface area contributed by atoms with Crippen LogP contribution in [0.4, 0.5) is 0 Å². The van der Waals surface area contributed by atoms with Gasteiger partial charge < -0.3 is 15.0 Å². The van der Waals surface area contributed by atoms with E-state index >= 15 is 0 Å². The molecule has 2 rings (SSSR count). The summed E-state index contributed by atoms with van der Waals surface area (Å²) in [6, 6.07) is 12.0. The smallest absolute Gasteiger partial charge is 0.261 e. The van der Waals surface area contributed by atoms with Gasteiger partial charge in [-0.05, 0) is 55.5 Å². The van der Waals surface area contributed by atoms with E-state index in [4.69, 9.17) is 27.9 Å². The average Bonchev–Trinajstić information content (AvgIpc) is 2.70. The van der Waals surface area contributed by atoms with Crippen LogP contribution in [0.25, 0.3) is 0 Å². The van der Waals surface area contributed by atoms with Crippen molar-refractivity contribution in [2.75, 3.05) is 6.61 Å². The summed E-state index contributed by atoms with van der Waals surface area (Å²) in [6.45, 7) is 11.7. The van der Waals surface area contributed by atoms with Crippen molar-refractivity contribution in [2.24, 2.45) is 0 Å². The number of carbonyl (C=O) groups excluding carboxylic acids is 2. The maximum atomic E-state index is 13.2. The Morgan fingerprint density at radius 3 is 2.31 bits per heavy atom. The highest BCUT2D eigenvalue weighted by Gasteiger charge is 2.28. The lowest BCUT2D eigenvalue weighted by Crippen LogP contribution is -2.50. The lowest BCUT2D eigenvalue weighted by Gasteiger charge is -2.30. The van der Waals surface area contributed by atoms with Gasteiger partial charge in [0.2, 0.25) is 5.91 Å². The summed E-state index contributed by atoms with van der Waals surface area (Å²) in [5.41, 5.74) is 1.56. The van der Waals surface area contributed by atoms with Crippen LogP contribution >= 0.6 is 23.2 Å². The fraction of sp³-hybridized carbons (Fsp3) is 0.440. The minimum atomic E-state index is -0.710. The Morgan fingerprint density at radius 1 is 1.06 bits per heavy atom. The minimum Gasteiger partial charge on any atom is -0.483 e. The van der Waals surface area contributed by atoms with Crippen LogP contribution in [-0.4, -0.2) is 35.4 Å². The number of hydrogen-bond acceptors (Lipinski definition) is 3. The van der Waals surface area contributed by atoms with E-state index in [-0.39, 0.29) is 36.4 Å². The molecule has 1 unspecified atom stereocenters. The molecule has 1 N–H and O–H groups in total. The van der Waals surface area contributed by atoms with Crippen molar-refractivity contribution in [1.82, 2.24) is 10.2 Å². The summed E-state index contributed by atoms with van der Waals surface area (Å²) >= 11 is 12.3. The number of nitrogens with one attached hydrogen (secondary N) is 1. The second kappa shape index (κ2) is 11.1. The van der Waals surface area contributed by atoms with Gasteiger partial charge in [0.15, 0.2) is 6.61 Å². The van der Waals surface area contributed by atoms with Gasteiger partial charge in [0.05, 0.1) is 0 Å². The quantitative estimate of drug-likeness (QED) is 0.535. The van der Waals surface area contributed by atoms with Crippen molar-refractivity contribution in [3.05, 3.63) is 63.6 Å². The van der Waals surface area contributed by atoms with Gasteiger partial charge in [0, 0.05) is 22.6 Å². The molecule has 0 spiro atoms. The van der Waals surface area contributed by atoms with Crippen molar-refractivity contribution in [1.29, 1.82) is 0 Å². The van der Waals surface area contributed by atoms with Crippen LogP contribution in [0.2, 0.25) is 10.0 Å². The molecule has 2 amide bonds. The Morgan fingerprint density at radius 2 is 1.72 bits per heavy atom. The predicted octanol–water partition coefficient (Wildman–Crippen LogP) is 5.61. The van der Waals surface area contributed by atoms with Crippen LogP contribution in [0.5, 0.6) is 5.75 Å². The maximum absolute atomic E-state index is 13.2. The molecule has 32 heavy (non-hydrogen) atoms. The molecule has 0 aromatic heterocycles. The molecule has 174 valence electrons. The monoisotopic (exact) mass is 478 g/mol. The van der Waals surface area contributed by atoms with Crippen LogP contribution < -0.4 is 10.1 Å². The number of ether oxygens (including phenoxy) is 1. The van der Waals surface area contributed by atoms with Crippen molar-refractivity contribution in [2.45, 2.75) is 65.6 Å². The summed E-state index contributed by atoms with van der Waals surface area (Å²) in [6.07, 6.45) is 0. The molecular formula is C25H32Cl2N2O3. The molecule has 0 aliphatic heterocycles. The van der Waals surface area contributed by atoms with E-state index in [1.807, 2.05) is 38.1 Å². The summed E-state index contributed by atoms with van der Waals surface area (Å²) in [7, 11) is 0. The van der Waals surface area contributed by atoms with Crippen LogP contribution in [0.15, 0.2) is 42.5 Å². The molecule has 7 heteroatoms. The zero-order chi connectivity index (χ0) is 24.1. The van der Waals surface area contributed by atoms with E-state index in [1.165, 1.54) is 4.90 Å². The largest absolute Gasteiger partial charge is 0.483 e. The van der Waals surface area contributed by atoms with Crippen LogP contribution in [0, 0.1) is 0 Å². The normalized spacial score (nSPS) is 12.4. The minimum absolute atomic E-state index is 0.0454. The Labute approximate surface area is 201 Å². The van der Waals surface area contributed by atoms with E-state index in [0.29, 0.717) is 21.4 Å². The van der Waals surface area contributed by atoms with E-state index in [2.05, 4.69) is 26.1 Å². The topological polar surface area (TPSA) is 58.6 Å². The average molecular weight is 479 g/mol. The molecule has 0 bridgehead atoms. The number of benzene rings is 2. The number of rotatable bonds is 8. The highest BCUT2D eigenvalue weighted by molar-refractivity contribution is 6.35. The molecule has 0 heterocycles. The predicted molar refractivity (Wildman–Crippen MR) is 130 cm³/mol. The van der Waals surface area contributed by atoms with Gasteiger partial charge in [-0.3, -0.25) is 9.59 Å². The SMILES string of the molecule is CC(C)NC(=O)C(C)N(Cc1ccc(Cl)cc1Cl)C(=O)COc1ccccc1C(C)(C)C. The van der Waals surface area contributed by atoms with Crippen molar-refractivity contribution in [3.8, 4) is 5.75 Å². The number of halogens is 2. The third-order valence-corrected chi connectivity index (χ3v) is 5.59. The zero-order valence-electron chi connectivity index (χ0n) is 19.5. The Bertz CT molecular complexity index is 954. The third kappa shape index (κ3) is 7.14. The number of amides is 2. The molecular weight excluding hydrogens is 447 g/mol. The first-order valence-electron chi connectivity index (χ1n) is 10.7. The summed E-state index contributed by atoms with van der Waals surface area (Å²) < 4.78 is 5.93. The Hall–Kier alpha value is -2.24. The number of para-hydroxylation sites is 1. The van der Waals surface area contributed by atoms with E-state index in [9.17, 15) is 9.59 Å². The van der Waals surface area contributed by atoms with Gasteiger partial charge in [-0.1, -0.05) is 68.2 Å². The molecule has 1 atom stereocenters. The summed E-state index contributed by atoms with van der Waals surface area (Å²) in [5, 5.41) is 3.80. The molecule has 0 saturated heterocycles. The molecule has 0 radical (unpaired) electrons. The third-order valence-electron chi connectivity index (χ3n) is 5.00. The van der Waals surface area contributed by atoms with Crippen LogP contribution in [0.1, 0.15) is 52.7 Å². The molecule has 2 aromatic carbocycles. The number of hydrogen-bond donors (Lipinski definition) is 1. The van der Waals surface area contributed by atoms with Gasteiger partial charge >= 0.3 is 0 Å². The Balaban J connectivity index is 2.26. The van der Waals surface area contributed by atoms with E-state index < -0.39 is 6.04 Å². The standard InChI is InChI=1S/C25H32Cl2N2O3/c1-16(2)28-24(31)17(3)29(14-18-11-12-19(26)13-21(18)27)23(30)15-32-22-10-8-7-9-20(22)25(4,5)6/h7-13,16-17H,14-15H2,1-6H3,(H,28,31). The first kappa shape index (κ1) is 26.0.